The number of unbranched alkanes of at least 4 members (excludes halogenated alkanes) is 2. The lowest BCUT2D eigenvalue weighted by Crippen LogP contribution is -2.37. The maximum Gasteiger partial charge on any atom is 0.272 e. The number of ether oxygens (including phenoxy) is 1. The van der Waals surface area contributed by atoms with Crippen LogP contribution in [0, 0.1) is 5.92 Å². The minimum absolute atomic E-state index is 0.0560. The van der Waals surface area contributed by atoms with E-state index in [-0.39, 0.29) is 30.3 Å². The average Bonchev–Trinajstić information content (AvgIpc) is 3.33. The van der Waals surface area contributed by atoms with Gasteiger partial charge in [0, 0.05) is 31.6 Å². The van der Waals surface area contributed by atoms with Crippen molar-refractivity contribution in [2.45, 2.75) is 82.9 Å². The molecule has 2 amide bonds. The van der Waals surface area contributed by atoms with Gasteiger partial charge in [0.25, 0.3) is 11.8 Å². The molecular weight excluding hydrogens is 522 g/mol. The molecule has 10 heteroatoms. The predicted molar refractivity (Wildman–Crippen MR) is 152 cm³/mol. The molecule has 1 unspecified atom stereocenters. The largest absolute Gasteiger partial charge is 0.479 e. The van der Waals surface area contributed by atoms with Gasteiger partial charge in [0.2, 0.25) is 5.91 Å². The summed E-state index contributed by atoms with van der Waals surface area (Å²) < 4.78 is 10.6. The number of aromatic amines is 1. The molecule has 10 nitrogen and oxygen atoms in total. The molecule has 1 aliphatic carbocycles. The lowest BCUT2D eigenvalue weighted by atomic mass is 9.91. The number of aromatic nitrogens is 3. The topological polar surface area (TPSA) is 125 Å². The van der Waals surface area contributed by atoms with E-state index in [0.29, 0.717) is 29.6 Å². The van der Waals surface area contributed by atoms with Crippen LogP contribution in [0.2, 0.25) is 0 Å². The molecule has 5 rings (SSSR count). The number of hydrogen-bond donors (Lipinski definition) is 2. The number of rotatable bonds is 13. The first-order valence-corrected chi connectivity index (χ1v) is 14.7. The van der Waals surface area contributed by atoms with Gasteiger partial charge < -0.3 is 29.2 Å². The maximum absolute atomic E-state index is 13.8. The Kier molecular flexibility index (Phi) is 9.07. The number of nitrogens with zero attached hydrogens (tertiary/aromatic N) is 4. The van der Waals surface area contributed by atoms with E-state index in [4.69, 9.17) is 9.26 Å². The van der Waals surface area contributed by atoms with Gasteiger partial charge in [0.05, 0.1) is 25.5 Å². The zero-order valence-corrected chi connectivity index (χ0v) is 24.2. The molecule has 1 aliphatic heterocycles. The van der Waals surface area contributed by atoms with Crippen molar-refractivity contribution < 1.29 is 24.0 Å². The van der Waals surface area contributed by atoms with Gasteiger partial charge in [-0.15, -0.1) is 0 Å². The smallest absolute Gasteiger partial charge is 0.272 e. The molecule has 2 aromatic heterocycles. The number of benzene rings is 1. The third-order valence-electron chi connectivity index (χ3n) is 8.11. The number of likely N-dealkylation sites (tertiary alicyclic amines) is 1. The van der Waals surface area contributed by atoms with Gasteiger partial charge in [0.1, 0.15) is 17.4 Å². The standard InChI is InChI=1S/C31H41N5O5/c1-20(2)28(26-17-27(40-3)34-41-26)31(39)36-19-23(37)16-25(36)29-32-18-24(33-29)30(38)35(22-13-14-22)15-9-5-8-12-21-10-6-4-7-11-21/h4,6-7,10-11,17-18,20,22-23,25,28,37H,5,8-9,12-16,19H2,1-3H3,(H,32,33)/t23-,25+,28?/m1/s1. The molecule has 1 saturated carbocycles. The van der Waals surface area contributed by atoms with E-state index >= 15 is 0 Å². The lowest BCUT2D eigenvalue weighted by Gasteiger charge is -2.28. The van der Waals surface area contributed by atoms with Crippen LogP contribution in [0.15, 0.2) is 47.1 Å². The third kappa shape index (κ3) is 6.81. The van der Waals surface area contributed by atoms with Crippen molar-refractivity contribution in [1.82, 2.24) is 24.9 Å². The molecule has 41 heavy (non-hydrogen) atoms. The summed E-state index contributed by atoms with van der Waals surface area (Å²) in [6.07, 6.45) is 7.42. The molecule has 0 spiro atoms. The number of aliphatic hydroxyl groups is 1. The van der Waals surface area contributed by atoms with E-state index < -0.39 is 18.1 Å². The fourth-order valence-electron chi connectivity index (χ4n) is 5.78. The van der Waals surface area contributed by atoms with Crippen molar-refractivity contribution >= 4 is 11.8 Å². The summed E-state index contributed by atoms with van der Waals surface area (Å²) in [5.74, 6) is 0.326. The van der Waals surface area contributed by atoms with Gasteiger partial charge >= 0.3 is 0 Å². The van der Waals surface area contributed by atoms with Crippen molar-refractivity contribution in [2.24, 2.45) is 5.92 Å². The van der Waals surface area contributed by atoms with Crippen LogP contribution in [0.5, 0.6) is 5.88 Å². The van der Waals surface area contributed by atoms with Crippen LogP contribution in [0.4, 0.5) is 0 Å². The first-order valence-electron chi connectivity index (χ1n) is 14.7. The Bertz CT molecular complexity index is 1300. The number of amides is 2. The van der Waals surface area contributed by atoms with Crippen LogP contribution < -0.4 is 4.74 Å². The second-order valence-corrected chi connectivity index (χ2v) is 11.6. The lowest BCUT2D eigenvalue weighted by molar-refractivity contribution is -0.135. The summed E-state index contributed by atoms with van der Waals surface area (Å²) in [5.41, 5.74) is 1.77. The van der Waals surface area contributed by atoms with Crippen molar-refractivity contribution in [3.8, 4) is 5.88 Å². The number of H-pyrrole nitrogens is 1. The molecule has 3 heterocycles. The first-order chi connectivity index (χ1) is 19.9. The first kappa shape index (κ1) is 28.9. The summed E-state index contributed by atoms with van der Waals surface area (Å²) in [5, 5.41) is 14.4. The highest BCUT2D eigenvalue weighted by Gasteiger charge is 2.42. The summed E-state index contributed by atoms with van der Waals surface area (Å²) in [6.45, 7) is 4.78. The highest BCUT2D eigenvalue weighted by Crippen LogP contribution is 2.37. The number of aliphatic hydroxyl groups excluding tert-OH is 1. The SMILES string of the molecule is COc1cc(C(C(=O)N2C[C@H](O)C[C@H]2c2ncc(C(=O)N(CCCCCc3ccccc3)C3CC3)[nH]2)C(C)C)on1. The number of carbonyl (C=O) groups is 2. The van der Waals surface area contributed by atoms with Gasteiger partial charge in [-0.3, -0.25) is 9.59 Å². The number of β-amino-alcohol motifs (C(OH)–C–C–N with tert-alkyl or cyclic N) is 1. The zero-order valence-electron chi connectivity index (χ0n) is 24.2. The van der Waals surface area contributed by atoms with Gasteiger partial charge in [0.15, 0.2) is 5.76 Å². The van der Waals surface area contributed by atoms with E-state index in [2.05, 4.69) is 39.4 Å². The van der Waals surface area contributed by atoms with Crippen LogP contribution in [0.25, 0.3) is 0 Å². The van der Waals surface area contributed by atoms with Crippen LogP contribution in [-0.2, 0) is 11.2 Å². The predicted octanol–water partition coefficient (Wildman–Crippen LogP) is 4.50. The third-order valence-corrected chi connectivity index (χ3v) is 8.11. The molecule has 2 N–H and O–H groups in total. The molecule has 1 aromatic carbocycles. The average molecular weight is 564 g/mol. The minimum atomic E-state index is -0.691. The molecule has 3 aromatic rings. The van der Waals surface area contributed by atoms with Crippen molar-refractivity contribution in [3.05, 3.63) is 65.4 Å². The van der Waals surface area contributed by atoms with Gasteiger partial charge in [-0.1, -0.05) is 50.6 Å². The number of hydrogen-bond acceptors (Lipinski definition) is 7. The molecule has 3 atom stereocenters. The fraction of sp³-hybridized carbons (Fsp3) is 0.548. The number of carbonyl (C=O) groups excluding carboxylic acids is 2. The van der Waals surface area contributed by atoms with E-state index in [1.807, 2.05) is 24.8 Å². The zero-order chi connectivity index (χ0) is 28.9. The van der Waals surface area contributed by atoms with Crippen LogP contribution in [0.1, 0.15) is 92.0 Å². The Morgan fingerprint density at radius 3 is 2.66 bits per heavy atom. The quantitative estimate of drug-likeness (QED) is 0.294. The van der Waals surface area contributed by atoms with Gasteiger partial charge in [-0.2, -0.15) is 0 Å². The monoisotopic (exact) mass is 563 g/mol. The maximum atomic E-state index is 13.8. The number of aryl methyl sites for hydroxylation is 1. The van der Waals surface area contributed by atoms with Crippen molar-refractivity contribution in [2.75, 3.05) is 20.2 Å². The Labute approximate surface area is 241 Å². The Balaban J connectivity index is 1.23. The molecular formula is C31H41N5O5. The minimum Gasteiger partial charge on any atom is -0.479 e. The Morgan fingerprint density at radius 2 is 1.98 bits per heavy atom. The van der Waals surface area contributed by atoms with E-state index in [1.165, 1.54) is 12.7 Å². The van der Waals surface area contributed by atoms with Crippen molar-refractivity contribution in [1.29, 1.82) is 0 Å². The highest BCUT2D eigenvalue weighted by atomic mass is 16.5. The molecule has 1 saturated heterocycles. The molecule has 0 radical (unpaired) electrons. The Hall–Kier alpha value is -3.66. The summed E-state index contributed by atoms with van der Waals surface area (Å²) in [6, 6.07) is 11.9. The number of imidazole rings is 1. The van der Waals surface area contributed by atoms with Gasteiger partial charge in [-0.05, 0) is 48.7 Å². The molecule has 2 aliphatic rings. The molecule has 2 fully saturated rings. The fourth-order valence-corrected chi connectivity index (χ4v) is 5.78. The van der Waals surface area contributed by atoms with Crippen LogP contribution in [-0.4, -0.2) is 74.2 Å². The van der Waals surface area contributed by atoms with E-state index in [9.17, 15) is 14.7 Å². The molecule has 220 valence electrons. The Morgan fingerprint density at radius 1 is 1.20 bits per heavy atom. The van der Waals surface area contributed by atoms with E-state index in [1.54, 1.807) is 17.2 Å². The normalized spacial score (nSPS) is 19.5. The van der Waals surface area contributed by atoms with E-state index in [0.717, 1.165) is 45.1 Å². The van der Waals surface area contributed by atoms with Gasteiger partial charge in [-0.25, -0.2) is 4.98 Å². The summed E-state index contributed by atoms with van der Waals surface area (Å²) >= 11 is 0. The summed E-state index contributed by atoms with van der Waals surface area (Å²) in [4.78, 5) is 38.7. The second kappa shape index (κ2) is 12.9. The number of nitrogens with one attached hydrogen (secondary N) is 1. The highest BCUT2D eigenvalue weighted by molar-refractivity contribution is 5.92. The molecule has 0 bridgehead atoms. The van der Waals surface area contributed by atoms with Crippen LogP contribution in [0.3, 0.4) is 0 Å². The summed E-state index contributed by atoms with van der Waals surface area (Å²) in [7, 11) is 1.49. The number of methoxy groups -OCH3 is 1. The van der Waals surface area contributed by atoms with Crippen LogP contribution >= 0.6 is 0 Å². The van der Waals surface area contributed by atoms with Crippen molar-refractivity contribution in [3.63, 3.8) is 0 Å². The second-order valence-electron chi connectivity index (χ2n) is 11.6.